The third-order valence-corrected chi connectivity index (χ3v) is 4.04. The fraction of sp³-hybridized carbons (Fsp3) is 0.667. The fourth-order valence-corrected chi connectivity index (χ4v) is 2.96. The molecule has 3 rings (SSSR count). The van der Waals surface area contributed by atoms with Crippen molar-refractivity contribution in [3.8, 4) is 0 Å². The number of piperidine rings is 1. The molecule has 0 spiro atoms. The molecule has 0 aromatic carbocycles. The predicted octanol–water partition coefficient (Wildman–Crippen LogP) is 0.190. The average molecular weight is 320 g/mol. The molecule has 2 aromatic rings. The van der Waals surface area contributed by atoms with E-state index in [0.29, 0.717) is 31.6 Å². The zero-order valence-electron chi connectivity index (χ0n) is 13.4. The normalized spacial score (nSPS) is 20.7. The van der Waals surface area contributed by atoms with Crippen molar-refractivity contribution < 1.29 is 9.63 Å². The lowest BCUT2D eigenvalue weighted by Crippen LogP contribution is -2.47. The van der Waals surface area contributed by atoms with Gasteiger partial charge >= 0.3 is 0 Å². The van der Waals surface area contributed by atoms with Gasteiger partial charge in [0.15, 0.2) is 5.82 Å². The summed E-state index contributed by atoms with van der Waals surface area (Å²) in [6.07, 6.45) is 5.39. The molecule has 1 saturated heterocycles. The molecular weight excluding hydrogens is 296 g/mol. The molecule has 8 nitrogen and oxygen atoms in total. The van der Waals surface area contributed by atoms with Gasteiger partial charge in [-0.3, -0.25) is 9.58 Å². The van der Waals surface area contributed by atoms with Crippen molar-refractivity contribution in [3.63, 3.8) is 0 Å². The lowest BCUT2D eigenvalue weighted by atomic mass is 10.1. The molecule has 2 atom stereocenters. The van der Waals surface area contributed by atoms with Gasteiger partial charge in [-0.25, -0.2) is 0 Å². The molecule has 0 amide bonds. The van der Waals surface area contributed by atoms with Crippen LogP contribution in [0.25, 0.3) is 0 Å². The first-order chi connectivity index (χ1) is 11.2. The standard InChI is InChI=1S/C15H24N6O2/c1-12-18-15(19-23-12)11-20-6-2-4-13(9-20)16-8-14(22)10-21-7-3-5-17-21/h3,5,7,13-14,16,22H,2,4,6,8-11H2,1H3/t13-,14+/m0/s1. The van der Waals surface area contributed by atoms with Gasteiger partial charge in [0.25, 0.3) is 0 Å². The van der Waals surface area contributed by atoms with E-state index in [9.17, 15) is 5.11 Å². The molecule has 1 aliphatic rings. The van der Waals surface area contributed by atoms with Gasteiger partial charge in [0.05, 0.1) is 19.2 Å². The molecule has 2 aromatic heterocycles. The summed E-state index contributed by atoms with van der Waals surface area (Å²) < 4.78 is 6.77. The summed E-state index contributed by atoms with van der Waals surface area (Å²) in [5.74, 6) is 1.34. The van der Waals surface area contributed by atoms with Crippen LogP contribution in [0.15, 0.2) is 23.0 Å². The SMILES string of the molecule is Cc1nc(CN2CCC[C@H](NC[C@@H](O)Cn3cccn3)C2)no1. The van der Waals surface area contributed by atoms with E-state index in [1.165, 1.54) is 0 Å². The summed E-state index contributed by atoms with van der Waals surface area (Å²) in [5.41, 5.74) is 0. The molecule has 0 unspecified atom stereocenters. The maximum atomic E-state index is 10.1. The average Bonchev–Trinajstić information content (AvgIpc) is 3.18. The van der Waals surface area contributed by atoms with Crippen LogP contribution in [0, 0.1) is 6.92 Å². The van der Waals surface area contributed by atoms with Crippen LogP contribution < -0.4 is 5.32 Å². The van der Waals surface area contributed by atoms with Gasteiger partial charge in [-0.1, -0.05) is 5.16 Å². The quantitative estimate of drug-likeness (QED) is 0.752. The van der Waals surface area contributed by atoms with E-state index in [0.717, 1.165) is 31.8 Å². The Kier molecular flexibility index (Phi) is 5.37. The number of likely N-dealkylation sites (tertiary alicyclic amines) is 1. The largest absolute Gasteiger partial charge is 0.390 e. The van der Waals surface area contributed by atoms with Crippen LogP contribution in [0.4, 0.5) is 0 Å². The highest BCUT2D eigenvalue weighted by atomic mass is 16.5. The van der Waals surface area contributed by atoms with Gasteiger partial charge in [0, 0.05) is 38.4 Å². The van der Waals surface area contributed by atoms with E-state index in [1.807, 2.05) is 12.3 Å². The number of aliphatic hydroxyl groups excluding tert-OH is 1. The molecule has 3 heterocycles. The topological polar surface area (TPSA) is 92.2 Å². The summed E-state index contributed by atoms with van der Waals surface area (Å²) in [6, 6.07) is 2.24. The maximum Gasteiger partial charge on any atom is 0.223 e. The first-order valence-corrected chi connectivity index (χ1v) is 8.09. The molecule has 0 saturated carbocycles. The van der Waals surface area contributed by atoms with E-state index < -0.39 is 6.10 Å². The maximum absolute atomic E-state index is 10.1. The first kappa shape index (κ1) is 16.1. The smallest absolute Gasteiger partial charge is 0.223 e. The minimum absolute atomic E-state index is 0.379. The second-order valence-electron chi connectivity index (χ2n) is 6.09. The lowest BCUT2D eigenvalue weighted by Gasteiger charge is -2.32. The molecule has 0 radical (unpaired) electrons. The summed E-state index contributed by atoms with van der Waals surface area (Å²) in [5, 5.41) is 21.6. The second kappa shape index (κ2) is 7.67. The van der Waals surface area contributed by atoms with Gasteiger partial charge < -0.3 is 14.9 Å². The van der Waals surface area contributed by atoms with Crippen LogP contribution in [0.5, 0.6) is 0 Å². The Balaban J connectivity index is 1.41. The summed E-state index contributed by atoms with van der Waals surface area (Å²) in [6.45, 7) is 5.57. The molecule has 1 fully saturated rings. The molecule has 0 bridgehead atoms. The van der Waals surface area contributed by atoms with E-state index in [2.05, 4.69) is 25.5 Å². The summed E-state index contributed by atoms with van der Waals surface area (Å²) in [7, 11) is 0. The molecular formula is C15H24N6O2. The van der Waals surface area contributed by atoms with Gasteiger partial charge in [-0.15, -0.1) is 0 Å². The van der Waals surface area contributed by atoms with Crippen molar-refractivity contribution in [3.05, 3.63) is 30.2 Å². The number of nitrogens with zero attached hydrogens (tertiary/aromatic N) is 5. The second-order valence-corrected chi connectivity index (χ2v) is 6.09. The Labute approximate surface area is 135 Å². The number of aromatic nitrogens is 4. The minimum atomic E-state index is -0.440. The van der Waals surface area contributed by atoms with Crippen molar-refractivity contribution in [1.82, 2.24) is 30.1 Å². The van der Waals surface area contributed by atoms with Crippen LogP contribution in [-0.4, -0.2) is 61.7 Å². The molecule has 1 aliphatic heterocycles. The number of hydrogen-bond donors (Lipinski definition) is 2. The van der Waals surface area contributed by atoms with E-state index in [1.54, 1.807) is 17.8 Å². The van der Waals surface area contributed by atoms with E-state index >= 15 is 0 Å². The highest BCUT2D eigenvalue weighted by Gasteiger charge is 2.21. The molecule has 2 N–H and O–H groups in total. The fourth-order valence-electron chi connectivity index (χ4n) is 2.96. The molecule has 8 heteroatoms. The van der Waals surface area contributed by atoms with E-state index in [-0.39, 0.29) is 0 Å². The van der Waals surface area contributed by atoms with Gasteiger partial charge in [0.1, 0.15) is 0 Å². The van der Waals surface area contributed by atoms with Crippen LogP contribution in [0.3, 0.4) is 0 Å². The lowest BCUT2D eigenvalue weighted by molar-refractivity contribution is 0.126. The first-order valence-electron chi connectivity index (χ1n) is 8.09. The van der Waals surface area contributed by atoms with Crippen LogP contribution in [0.1, 0.15) is 24.6 Å². The number of hydrogen-bond acceptors (Lipinski definition) is 7. The van der Waals surface area contributed by atoms with Crippen molar-refractivity contribution in [2.75, 3.05) is 19.6 Å². The van der Waals surface area contributed by atoms with Crippen molar-refractivity contribution >= 4 is 0 Å². The van der Waals surface area contributed by atoms with Crippen molar-refractivity contribution in [2.45, 2.75) is 45.0 Å². The minimum Gasteiger partial charge on any atom is -0.390 e. The highest BCUT2D eigenvalue weighted by Crippen LogP contribution is 2.12. The van der Waals surface area contributed by atoms with Gasteiger partial charge in [-0.2, -0.15) is 10.1 Å². The number of nitrogens with one attached hydrogen (secondary N) is 1. The monoisotopic (exact) mass is 320 g/mol. The third-order valence-electron chi connectivity index (χ3n) is 4.04. The highest BCUT2D eigenvalue weighted by molar-refractivity contribution is 4.87. The number of rotatable bonds is 7. The van der Waals surface area contributed by atoms with E-state index in [4.69, 9.17) is 4.52 Å². The third kappa shape index (κ3) is 4.85. The van der Waals surface area contributed by atoms with Gasteiger partial charge in [0.2, 0.25) is 5.89 Å². The van der Waals surface area contributed by atoms with Crippen LogP contribution >= 0.6 is 0 Å². The van der Waals surface area contributed by atoms with Crippen LogP contribution in [-0.2, 0) is 13.1 Å². The molecule has 0 aliphatic carbocycles. The van der Waals surface area contributed by atoms with Crippen LogP contribution in [0.2, 0.25) is 0 Å². The summed E-state index contributed by atoms with van der Waals surface area (Å²) in [4.78, 5) is 6.58. The Hall–Kier alpha value is -1.77. The Morgan fingerprint density at radius 3 is 3.17 bits per heavy atom. The number of aryl methyl sites for hydroxylation is 1. The molecule has 23 heavy (non-hydrogen) atoms. The zero-order chi connectivity index (χ0) is 16.1. The number of aliphatic hydroxyl groups is 1. The zero-order valence-corrected chi connectivity index (χ0v) is 13.4. The Morgan fingerprint density at radius 2 is 2.43 bits per heavy atom. The molecule has 126 valence electrons. The summed E-state index contributed by atoms with van der Waals surface area (Å²) >= 11 is 0. The Morgan fingerprint density at radius 1 is 1.52 bits per heavy atom. The van der Waals surface area contributed by atoms with Crippen molar-refractivity contribution in [2.24, 2.45) is 0 Å². The Bertz CT molecular complexity index is 585. The van der Waals surface area contributed by atoms with Crippen molar-refractivity contribution in [1.29, 1.82) is 0 Å². The predicted molar refractivity (Wildman–Crippen MR) is 83.6 cm³/mol. The van der Waals surface area contributed by atoms with Gasteiger partial charge in [-0.05, 0) is 25.5 Å².